The first-order valence-electron chi connectivity index (χ1n) is 5.46. The third-order valence-corrected chi connectivity index (χ3v) is 4.92. The van der Waals surface area contributed by atoms with Crippen LogP contribution in [0.4, 0.5) is 0 Å². The van der Waals surface area contributed by atoms with Crippen LogP contribution in [0.25, 0.3) is 0 Å². The SMILES string of the molecule is COC(=O)C[C@@H]1[C@@H](OC)NC(=O)c2cc(Br)c(Br)n21. The van der Waals surface area contributed by atoms with E-state index in [4.69, 9.17) is 4.74 Å². The fraction of sp³-hybridized carbons (Fsp3) is 0.455. The van der Waals surface area contributed by atoms with Gasteiger partial charge in [-0.25, -0.2) is 0 Å². The number of ether oxygens (including phenoxy) is 2. The van der Waals surface area contributed by atoms with Crippen LogP contribution in [0.3, 0.4) is 0 Å². The number of aromatic nitrogens is 1. The molecule has 104 valence electrons. The van der Waals surface area contributed by atoms with E-state index in [0.29, 0.717) is 10.3 Å². The highest BCUT2D eigenvalue weighted by Gasteiger charge is 2.37. The molecule has 0 saturated carbocycles. The van der Waals surface area contributed by atoms with Gasteiger partial charge >= 0.3 is 5.97 Å². The summed E-state index contributed by atoms with van der Waals surface area (Å²) >= 11 is 6.75. The molecule has 0 radical (unpaired) electrons. The minimum absolute atomic E-state index is 0.0992. The third kappa shape index (κ3) is 2.56. The van der Waals surface area contributed by atoms with E-state index in [1.807, 2.05) is 0 Å². The molecule has 1 aliphatic heterocycles. The average Bonchev–Trinajstić information content (AvgIpc) is 2.69. The van der Waals surface area contributed by atoms with Crippen LogP contribution in [-0.4, -0.2) is 36.9 Å². The van der Waals surface area contributed by atoms with Crippen molar-refractivity contribution >= 4 is 43.7 Å². The molecule has 0 bridgehead atoms. The number of methoxy groups -OCH3 is 2. The first kappa shape index (κ1) is 14.5. The Kier molecular flexibility index (Phi) is 4.32. The molecule has 1 aliphatic rings. The van der Waals surface area contributed by atoms with E-state index >= 15 is 0 Å². The van der Waals surface area contributed by atoms with Crippen molar-refractivity contribution in [3.8, 4) is 0 Å². The summed E-state index contributed by atoms with van der Waals surface area (Å²) in [6.45, 7) is 0. The van der Waals surface area contributed by atoms with Crippen molar-refractivity contribution in [2.75, 3.05) is 14.2 Å². The smallest absolute Gasteiger partial charge is 0.307 e. The van der Waals surface area contributed by atoms with Crippen molar-refractivity contribution in [2.24, 2.45) is 0 Å². The number of rotatable bonds is 3. The maximum absolute atomic E-state index is 12.0. The van der Waals surface area contributed by atoms with E-state index in [9.17, 15) is 9.59 Å². The van der Waals surface area contributed by atoms with Gasteiger partial charge in [0.1, 0.15) is 10.3 Å². The molecule has 1 N–H and O–H groups in total. The number of fused-ring (bicyclic) bond motifs is 1. The van der Waals surface area contributed by atoms with Gasteiger partial charge in [0, 0.05) is 7.11 Å². The van der Waals surface area contributed by atoms with Gasteiger partial charge in [0.05, 0.1) is 24.0 Å². The Balaban J connectivity index is 2.47. The van der Waals surface area contributed by atoms with E-state index in [1.54, 1.807) is 10.6 Å². The van der Waals surface area contributed by atoms with E-state index in [1.165, 1.54) is 14.2 Å². The van der Waals surface area contributed by atoms with Gasteiger partial charge < -0.3 is 19.4 Å². The Morgan fingerprint density at radius 2 is 2.16 bits per heavy atom. The van der Waals surface area contributed by atoms with Crippen molar-refractivity contribution < 1.29 is 19.1 Å². The average molecular weight is 396 g/mol. The molecule has 19 heavy (non-hydrogen) atoms. The van der Waals surface area contributed by atoms with Gasteiger partial charge in [-0.2, -0.15) is 0 Å². The maximum atomic E-state index is 12.0. The number of hydrogen-bond donors (Lipinski definition) is 1. The topological polar surface area (TPSA) is 69.6 Å². The molecule has 8 heteroatoms. The summed E-state index contributed by atoms with van der Waals surface area (Å²) in [7, 11) is 2.81. The second-order valence-electron chi connectivity index (χ2n) is 4.02. The lowest BCUT2D eigenvalue weighted by atomic mass is 10.1. The standard InChI is InChI=1S/C11H12Br2N2O4/c1-18-8(16)4-7-11(19-2)14-10(17)6-3-5(12)9(13)15(6)7/h3,7,11H,4H2,1-2H3,(H,14,17)/t7-,11-/m1/s1. The second-order valence-corrected chi connectivity index (χ2v) is 5.62. The molecule has 1 aromatic heterocycles. The van der Waals surface area contributed by atoms with Gasteiger partial charge in [-0.05, 0) is 37.9 Å². The molecular weight excluding hydrogens is 384 g/mol. The van der Waals surface area contributed by atoms with Crippen LogP contribution >= 0.6 is 31.9 Å². The van der Waals surface area contributed by atoms with E-state index in [0.717, 1.165) is 4.47 Å². The summed E-state index contributed by atoms with van der Waals surface area (Å²) < 4.78 is 13.1. The molecule has 1 amide bonds. The van der Waals surface area contributed by atoms with Crippen molar-refractivity contribution in [1.29, 1.82) is 0 Å². The summed E-state index contributed by atoms with van der Waals surface area (Å²) in [5, 5.41) is 2.71. The highest BCUT2D eigenvalue weighted by atomic mass is 79.9. The number of amides is 1. The number of hydrogen-bond acceptors (Lipinski definition) is 4. The Labute approximate surface area is 126 Å². The number of esters is 1. The summed E-state index contributed by atoms with van der Waals surface area (Å²) in [5.74, 6) is -0.620. The van der Waals surface area contributed by atoms with Crippen LogP contribution < -0.4 is 5.32 Å². The van der Waals surface area contributed by atoms with Crippen molar-refractivity contribution in [1.82, 2.24) is 9.88 Å². The molecule has 6 nitrogen and oxygen atoms in total. The highest BCUT2D eigenvalue weighted by molar-refractivity contribution is 9.13. The molecule has 0 aliphatic carbocycles. The number of carbonyl (C=O) groups excluding carboxylic acids is 2. The summed E-state index contributed by atoms with van der Waals surface area (Å²) in [6.07, 6.45) is -0.489. The monoisotopic (exact) mass is 394 g/mol. The highest BCUT2D eigenvalue weighted by Crippen LogP contribution is 2.35. The largest absolute Gasteiger partial charge is 0.469 e. The van der Waals surface area contributed by atoms with Gasteiger partial charge in [-0.3, -0.25) is 9.59 Å². The molecule has 2 rings (SSSR count). The Hall–Kier alpha value is -0.860. The molecule has 0 unspecified atom stereocenters. The van der Waals surface area contributed by atoms with Crippen LogP contribution in [0.15, 0.2) is 15.1 Å². The fourth-order valence-corrected chi connectivity index (χ4v) is 3.05. The van der Waals surface area contributed by atoms with E-state index < -0.39 is 6.23 Å². The molecule has 1 aromatic rings. The zero-order valence-corrected chi connectivity index (χ0v) is 13.4. The van der Waals surface area contributed by atoms with Gasteiger partial charge in [-0.15, -0.1) is 0 Å². The van der Waals surface area contributed by atoms with Crippen molar-refractivity contribution in [2.45, 2.75) is 18.7 Å². The number of halogens is 2. The molecule has 2 atom stereocenters. The molecule has 2 heterocycles. The molecular formula is C11H12Br2N2O4. The Bertz CT molecular complexity index is 529. The van der Waals surface area contributed by atoms with Crippen LogP contribution in [0.5, 0.6) is 0 Å². The molecule has 0 spiro atoms. The van der Waals surface area contributed by atoms with E-state index in [-0.39, 0.29) is 24.3 Å². The lowest BCUT2D eigenvalue weighted by Crippen LogP contribution is -2.49. The van der Waals surface area contributed by atoms with Gasteiger partial charge in [0.15, 0.2) is 6.23 Å². The van der Waals surface area contributed by atoms with Crippen LogP contribution in [0.1, 0.15) is 23.0 Å². The Morgan fingerprint density at radius 1 is 1.47 bits per heavy atom. The first-order valence-corrected chi connectivity index (χ1v) is 7.05. The predicted molar refractivity (Wildman–Crippen MR) is 73.8 cm³/mol. The summed E-state index contributed by atoms with van der Waals surface area (Å²) in [6, 6.07) is 1.32. The number of nitrogens with one attached hydrogen (secondary N) is 1. The number of nitrogens with zero attached hydrogens (tertiary/aromatic N) is 1. The minimum atomic E-state index is -0.588. The zero-order chi connectivity index (χ0) is 14.2. The second kappa shape index (κ2) is 5.64. The van der Waals surface area contributed by atoms with Crippen LogP contribution in [0, 0.1) is 0 Å². The first-order chi connectivity index (χ1) is 8.99. The lowest BCUT2D eigenvalue weighted by molar-refractivity contribution is -0.143. The van der Waals surface area contributed by atoms with Crippen LogP contribution in [-0.2, 0) is 14.3 Å². The van der Waals surface area contributed by atoms with Gasteiger partial charge in [-0.1, -0.05) is 0 Å². The quantitative estimate of drug-likeness (QED) is 0.792. The summed E-state index contributed by atoms with van der Waals surface area (Å²) in [5.41, 5.74) is 0.459. The molecule has 0 fully saturated rings. The van der Waals surface area contributed by atoms with E-state index in [2.05, 4.69) is 41.9 Å². The van der Waals surface area contributed by atoms with Gasteiger partial charge in [0.2, 0.25) is 0 Å². The number of carbonyl (C=O) groups is 2. The fourth-order valence-electron chi connectivity index (χ4n) is 2.07. The zero-order valence-electron chi connectivity index (χ0n) is 10.3. The van der Waals surface area contributed by atoms with Crippen LogP contribution in [0.2, 0.25) is 0 Å². The maximum Gasteiger partial charge on any atom is 0.307 e. The summed E-state index contributed by atoms with van der Waals surface area (Å²) in [4.78, 5) is 23.5. The van der Waals surface area contributed by atoms with Crippen molar-refractivity contribution in [3.63, 3.8) is 0 Å². The van der Waals surface area contributed by atoms with Crippen molar-refractivity contribution in [3.05, 3.63) is 20.8 Å². The Morgan fingerprint density at radius 3 is 2.74 bits per heavy atom. The normalized spacial score (nSPS) is 21.8. The minimum Gasteiger partial charge on any atom is -0.469 e. The van der Waals surface area contributed by atoms with Gasteiger partial charge in [0.25, 0.3) is 5.91 Å². The lowest BCUT2D eigenvalue weighted by Gasteiger charge is -2.33. The molecule has 0 aromatic carbocycles. The third-order valence-electron chi connectivity index (χ3n) is 2.98. The predicted octanol–water partition coefficient (Wildman–Crippen LogP) is 1.83. The molecule has 0 saturated heterocycles.